The van der Waals surface area contributed by atoms with Crippen LogP contribution in [-0.2, 0) is 16.1 Å². The van der Waals surface area contributed by atoms with Crippen LogP contribution in [0.2, 0.25) is 0 Å². The standard InChI is InChI=1S/C18H26N2O3/c1-4-5-10-20(2)18(22)15-11-14(15)17(21)19-12-13-8-6-7-9-16(13)23-3/h6-9,14-15H,4-5,10-12H2,1-3H3,(H,19,21). The van der Waals surface area contributed by atoms with Crippen LogP contribution >= 0.6 is 0 Å². The smallest absolute Gasteiger partial charge is 0.226 e. The zero-order valence-corrected chi connectivity index (χ0v) is 14.2. The highest BCUT2D eigenvalue weighted by Gasteiger charge is 2.48. The van der Waals surface area contributed by atoms with Gasteiger partial charge in [0.2, 0.25) is 11.8 Å². The molecular weight excluding hydrogens is 292 g/mol. The van der Waals surface area contributed by atoms with Gasteiger partial charge in [-0.25, -0.2) is 0 Å². The molecule has 0 radical (unpaired) electrons. The molecule has 0 heterocycles. The Hall–Kier alpha value is -2.04. The third-order valence-electron chi connectivity index (χ3n) is 4.31. The molecule has 2 atom stereocenters. The van der Waals surface area contributed by atoms with Crippen molar-refractivity contribution in [3.8, 4) is 5.75 Å². The number of hydrogen-bond donors (Lipinski definition) is 1. The Bertz CT molecular complexity index is 559. The summed E-state index contributed by atoms with van der Waals surface area (Å²) in [4.78, 5) is 26.2. The van der Waals surface area contributed by atoms with Gasteiger partial charge < -0.3 is 15.0 Å². The number of carbonyl (C=O) groups excluding carboxylic acids is 2. The van der Waals surface area contributed by atoms with Crippen molar-refractivity contribution >= 4 is 11.8 Å². The van der Waals surface area contributed by atoms with Gasteiger partial charge in [-0.05, 0) is 18.9 Å². The van der Waals surface area contributed by atoms with Crippen molar-refractivity contribution in [2.75, 3.05) is 20.7 Å². The molecule has 2 unspecified atom stereocenters. The Morgan fingerprint density at radius 1 is 1.30 bits per heavy atom. The molecule has 1 aliphatic carbocycles. The fourth-order valence-corrected chi connectivity index (χ4v) is 2.71. The monoisotopic (exact) mass is 318 g/mol. The number of nitrogens with one attached hydrogen (secondary N) is 1. The van der Waals surface area contributed by atoms with Crippen LogP contribution < -0.4 is 10.1 Å². The largest absolute Gasteiger partial charge is 0.496 e. The molecule has 1 saturated carbocycles. The van der Waals surface area contributed by atoms with Crippen LogP contribution in [0.5, 0.6) is 5.75 Å². The average Bonchev–Trinajstić information content (AvgIpc) is 3.37. The van der Waals surface area contributed by atoms with Gasteiger partial charge in [0.05, 0.1) is 18.9 Å². The van der Waals surface area contributed by atoms with Crippen LogP contribution in [-0.4, -0.2) is 37.4 Å². The van der Waals surface area contributed by atoms with Crippen molar-refractivity contribution in [3.05, 3.63) is 29.8 Å². The topological polar surface area (TPSA) is 58.6 Å². The lowest BCUT2D eigenvalue weighted by atomic mass is 10.2. The first-order chi connectivity index (χ1) is 11.1. The molecule has 1 aromatic carbocycles. The van der Waals surface area contributed by atoms with Gasteiger partial charge >= 0.3 is 0 Å². The highest BCUT2D eigenvalue weighted by atomic mass is 16.5. The fraction of sp³-hybridized carbons (Fsp3) is 0.556. The minimum Gasteiger partial charge on any atom is -0.496 e. The molecular formula is C18H26N2O3. The molecule has 2 rings (SSSR count). The van der Waals surface area contributed by atoms with Gasteiger partial charge in [-0.1, -0.05) is 31.5 Å². The Morgan fingerprint density at radius 3 is 2.74 bits per heavy atom. The minimum absolute atomic E-state index is 0.0434. The van der Waals surface area contributed by atoms with Gasteiger partial charge in [-0.2, -0.15) is 0 Å². The maximum absolute atomic E-state index is 12.2. The molecule has 0 spiro atoms. The zero-order valence-electron chi connectivity index (χ0n) is 14.2. The number of benzene rings is 1. The Morgan fingerprint density at radius 2 is 2.04 bits per heavy atom. The number of hydrogen-bond acceptors (Lipinski definition) is 3. The number of para-hydroxylation sites is 1. The van der Waals surface area contributed by atoms with Gasteiger partial charge in [-0.3, -0.25) is 9.59 Å². The van der Waals surface area contributed by atoms with Crippen LogP contribution in [0, 0.1) is 11.8 Å². The Labute approximate surface area is 138 Å². The average molecular weight is 318 g/mol. The number of amides is 2. The second-order valence-corrected chi connectivity index (χ2v) is 6.09. The quantitative estimate of drug-likeness (QED) is 0.799. The fourth-order valence-electron chi connectivity index (χ4n) is 2.71. The summed E-state index contributed by atoms with van der Waals surface area (Å²) in [6.45, 7) is 3.29. The van der Waals surface area contributed by atoms with Gasteiger partial charge in [0, 0.05) is 25.7 Å². The van der Waals surface area contributed by atoms with Crippen LogP contribution in [0.25, 0.3) is 0 Å². The molecule has 0 bridgehead atoms. The number of methoxy groups -OCH3 is 1. The lowest BCUT2D eigenvalue weighted by Crippen LogP contribution is -2.32. The van der Waals surface area contributed by atoms with E-state index in [1.54, 1.807) is 12.0 Å². The van der Waals surface area contributed by atoms with Crippen LogP contribution in [0.4, 0.5) is 0 Å². The number of unbranched alkanes of at least 4 members (excludes halogenated alkanes) is 1. The van der Waals surface area contributed by atoms with Crippen molar-refractivity contribution in [2.45, 2.75) is 32.7 Å². The van der Waals surface area contributed by atoms with E-state index >= 15 is 0 Å². The van der Waals surface area contributed by atoms with E-state index in [2.05, 4.69) is 12.2 Å². The maximum atomic E-state index is 12.2. The Balaban J connectivity index is 1.81. The summed E-state index contributed by atoms with van der Waals surface area (Å²) < 4.78 is 5.27. The van der Waals surface area contributed by atoms with Crippen molar-refractivity contribution in [3.63, 3.8) is 0 Å². The second kappa shape index (κ2) is 7.99. The van der Waals surface area contributed by atoms with Crippen LogP contribution in [0.3, 0.4) is 0 Å². The number of rotatable bonds is 8. The van der Waals surface area contributed by atoms with Gasteiger partial charge in [-0.15, -0.1) is 0 Å². The van der Waals surface area contributed by atoms with E-state index in [1.807, 2.05) is 31.3 Å². The number of ether oxygens (including phenoxy) is 1. The lowest BCUT2D eigenvalue weighted by molar-refractivity contribution is -0.133. The molecule has 1 fully saturated rings. The van der Waals surface area contributed by atoms with Crippen molar-refractivity contribution in [2.24, 2.45) is 11.8 Å². The summed E-state index contributed by atoms with van der Waals surface area (Å²) in [6, 6.07) is 7.60. The Kier molecular flexibility index (Phi) is 6.02. The summed E-state index contributed by atoms with van der Waals surface area (Å²) >= 11 is 0. The summed E-state index contributed by atoms with van der Waals surface area (Å²) in [5.74, 6) is 0.486. The van der Waals surface area contributed by atoms with E-state index in [4.69, 9.17) is 4.74 Å². The molecule has 0 aromatic heterocycles. The van der Waals surface area contributed by atoms with Gasteiger partial charge in [0.25, 0.3) is 0 Å². The second-order valence-electron chi connectivity index (χ2n) is 6.09. The van der Waals surface area contributed by atoms with E-state index in [0.717, 1.165) is 30.7 Å². The summed E-state index contributed by atoms with van der Waals surface area (Å²) in [6.07, 6.45) is 2.72. The zero-order chi connectivity index (χ0) is 16.8. The van der Waals surface area contributed by atoms with E-state index in [9.17, 15) is 9.59 Å². The molecule has 1 N–H and O–H groups in total. The van der Waals surface area contributed by atoms with E-state index in [-0.39, 0.29) is 23.7 Å². The normalized spacial score (nSPS) is 19.1. The molecule has 126 valence electrons. The molecule has 23 heavy (non-hydrogen) atoms. The third kappa shape index (κ3) is 4.47. The first-order valence-corrected chi connectivity index (χ1v) is 8.23. The summed E-state index contributed by atoms with van der Waals surface area (Å²) in [5.41, 5.74) is 0.937. The highest BCUT2D eigenvalue weighted by molar-refractivity contribution is 5.92. The van der Waals surface area contributed by atoms with E-state index in [0.29, 0.717) is 13.0 Å². The highest BCUT2D eigenvalue weighted by Crippen LogP contribution is 2.40. The molecule has 2 amide bonds. The van der Waals surface area contributed by atoms with E-state index in [1.165, 1.54) is 0 Å². The lowest BCUT2D eigenvalue weighted by Gasteiger charge is -2.16. The predicted octanol–water partition coefficient (Wildman–Crippen LogP) is 2.21. The van der Waals surface area contributed by atoms with Crippen LogP contribution in [0.15, 0.2) is 24.3 Å². The third-order valence-corrected chi connectivity index (χ3v) is 4.31. The molecule has 0 saturated heterocycles. The first-order valence-electron chi connectivity index (χ1n) is 8.23. The van der Waals surface area contributed by atoms with Gasteiger partial charge in [0.15, 0.2) is 0 Å². The molecule has 5 nitrogen and oxygen atoms in total. The summed E-state index contributed by atoms with van der Waals surface area (Å²) in [5, 5.41) is 2.91. The molecule has 0 aliphatic heterocycles. The van der Waals surface area contributed by atoms with Crippen LogP contribution in [0.1, 0.15) is 31.7 Å². The SMILES string of the molecule is CCCCN(C)C(=O)C1CC1C(=O)NCc1ccccc1OC. The first kappa shape index (κ1) is 17.3. The minimum atomic E-state index is -0.179. The van der Waals surface area contributed by atoms with Gasteiger partial charge in [0.1, 0.15) is 5.75 Å². The van der Waals surface area contributed by atoms with Crippen molar-refractivity contribution in [1.82, 2.24) is 10.2 Å². The van der Waals surface area contributed by atoms with Crippen molar-refractivity contribution < 1.29 is 14.3 Å². The molecule has 1 aromatic rings. The van der Waals surface area contributed by atoms with Crippen molar-refractivity contribution in [1.29, 1.82) is 0 Å². The summed E-state index contributed by atoms with van der Waals surface area (Å²) in [7, 11) is 3.43. The predicted molar refractivity (Wildman–Crippen MR) is 89.0 cm³/mol. The number of nitrogens with zero attached hydrogens (tertiary/aromatic N) is 1. The number of carbonyl (C=O) groups is 2. The van der Waals surface area contributed by atoms with E-state index < -0.39 is 0 Å². The maximum Gasteiger partial charge on any atom is 0.226 e. The molecule has 5 heteroatoms. The molecule has 1 aliphatic rings.